The molecular formula is C18H20ClN5OS. The van der Waals surface area contributed by atoms with E-state index in [4.69, 9.17) is 21.4 Å². The zero-order chi connectivity index (χ0) is 18.1. The Bertz CT molecular complexity index is 897. The lowest BCUT2D eigenvalue weighted by Gasteiger charge is -2.11. The molecule has 26 heavy (non-hydrogen) atoms. The van der Waals surface area contributed by atoms with E-state index in [1.165, 1.54) is 16.9 Å². The van der Waals surface area contributed by atoms with Crippen molar-refractivity contribution in [1.82, 2.24) is 25.3 Å². The molecule has 0 bridgehead atoms. The number of hydrogen-bond acceptors (Lipinski definition) is 6. The molecule has 0 fully saturated rings. The number of benzene rings is 1. The number of nitrogens with one attached hydrogen (secondary N) is 1. The Labute approximate surface area is 161 Å². The molecule has 1 aromatic carbocycles. The maximum Gasteiger partial charge on any atom is 0.233 e. The van der Waals surface area contributed by atoms with Crippen molar-refractivity contribution >= 4 is 22.9 Å². The van der Waals surface area contributed by atoms with Crippen LogP contribution in [0.4, 0.5) is 0 Å². The van der Waals surface area contributed by atoms with Crippen molar-refractivity contribution in [2.24, 2.45) is 0 Å². The van der Waals surface area contributed by atoms with Crippen molar-refractivity contribution in [1.29, 1.82) is 0 Å². The Kier molecular flexibility index (Phi) is 4.93. The lowest BCUT2D eigenvalue weighted by atomic mass is 10.2. The first kappa shape index (κ1) is 17.5. The third-order valence-electron chi connectivity index (χ3n) is 4.14. The third-order valence-corrected chi connectivity index (χ3v) is 5.40. The van der Waals surface area contributed by atoms with Gasteiger partial charge in [0.2, 0.25) is 5.13 Å². The van der Waals surface area contributed by atoms with Gasteiger partial charge in [0, 0.05) is 24.7 Å². The first-order valence-electron chi connectivity index (χ1n) is 8.69. The fourth-order valence-corrected chi connectivity index (χ4v) is 3.92. The monoisotopic (exact) mass is 389 g/mol. The van der Waals surface area contributed by atoms with Crippen LogP contribution in [0.25, 0.3) is 15.7 Å². The van der Waals surface area contributed by atoms with Crippen LogP contribution in [0.15, 0.2) is 24.4 Å². The highest BCUT2D eigenvalue weighted by molar-refractivity contribution is 7.17. The van der Waals surface area contributed by atoms with Gasteiger partial charge in [-0.15, -0.1) is 10.2 Å². The molecule has 3 aromatic rings. The SMILES string of the molecule is CC(C)Oc1ccc(-c2nnc(-n3cc4c(n3)CCNCC4)s2)cc1Cl. The molecular weight excluding hydrogens is 370 g/mol. The lowest BCUT2D eigenvalue weighted by Crippen LogP contribution is -2.16. The van der Waals surface area contributed by atoms with Crippen molar-refractivity contribution in [3.05, 3.63) is 40.7 Å². The predicted octanol–water partition coefficient (Wildman–Crippen LogP) is 3.52. The minimum absolute atomic E-state index is 0.0803. The van der Waals surface area contributed by atoms with Gasteiger partial charge in [-0.05, 0) is 50.6 Å². The third kappa shape index (κ3) is 3.60. The number of nitrogens with zero attached hydrogens (tertiary/aromatic N) is 4. The summed E-state index contributed by atoms with van der Waals surface area (Å²) >= 11 is 7.84. The van der Waals surface area contributed by atoms with E-state index < -0.39 is 0 Å². The van der Waals surface area contributed by atoms with Crippen LogP contribution in [-0.2, 0) is 12.8 Å². The van der Waals surface area contributed by atoms with Crippen molar-refractivity contribution in [2.45, 2.75) is 32.8 Å². The molecule has 8 heteroatoms. The summed E-state index contributed by atoms with van der Waals surface area (Å²) in [5.74, 6) is 0.680. The lowest BCUT2D eigenvalue weighted by molar-refractivity contribution is 0.242. The van der Waals surface area contributed by atoms with Crippen LogP contribution < -0.4 is 10.1 Å². The van der Waals surface area contributed by atoms with Crippen molar-refractivity contribution in [2.75, 3.05) is 13.1 Å². The van der Waals surface area contributed by atoms with Gasteiger partial charge >= 0.3 is 0 Å². The van der Waals surface area contributed by atoms with Crippen LogP contribution in [-0.4, -0.2) is 39.2 Å². The standard InChI is InChI=1S/C18H20ClN5OS/c1-11(2)25-16-4-3-12(9-14(16)19)17-21-22-18(26-17)24-10-13-5-7-20-8-6-15(13)23-24/h3-4,9-11,20H,5-8H2,1-2H3. The number of rotatable bonds is 4. The van der Waals surface area contributed by atoms with Gasteiger partial charge in [0.1, 0.15) is 10.8 Å². The molecule has 1 aliphatic heterocycles. The molecule has 1 aliphatic rings. The van der Waals surface area contributed by atoms with E-state index in [9.17, 15) is 0 Å². The van der Waals surface area contributed by atoms with Gasteiger partial charge in [0.25, 0.3) is 0 Å². The first-order chi connectivity index (χ1) is 12.6. The van der Waals surface area contributed by atoms with Gasteiger partial charge in [-0.1, -0.05) is 22.9 Å². The molecule has 0 unspecified atom stereocenters. The van der Waals surface area contributed by atoms with Crippen LogP contribution in [0.5, 0.6) is 5.75 Å². The summed E-state index contributed by atoms with van der Waals surface area (Å²) in [5, 5.41) is 18.9. The molecule has 1 N–H and O–H groups in total. The number of hydrogen-bond donors (Lipinski definition) is 1. The number of ether oxygens (including phenoxy) is 1. The van der Waals surface area contributed by atoms with Crippen LogP contribution >= 0.6 is 22.9 Å². The fraction of sp³-hybridized carbons (Fsp3) is 0.389. The van der Waals surface area contributed by atoms with Crippen molar-refractivity contribution in [3.63, 3.8) is 0 Å². The summed E-state index contributed by atoms with van der Waals surface area (Å²) < 4.78 is 7.53. The molecule has 2 aromatic heterocycles. The Morgan fingerprint density at radius 1 is 1.23 bits per heavy atom. The molecule has 4 rings (SSSR count). The number of fused-ring (bicyclic) bond motifs is 1. The van der Waals surface area contributed by atoms with Crippen LogP contribution in [0.1, 0.15) is 25.1 Å². The number of aromatic nitrogens is 4. The van der Waals surface area contributed by atoms with Gasteiger partial charge in [-0.25, -0.2) is 4.68 Å². The van der Waals surface area contributed by atoms with Crippen LogP contribution in [0.3, 0.4) is 0 Å². The minimum atomic E-state index is 0.0803. The predicted molar refractivity (Wildman–Crippen MR) is 104 cm³/mol. The van der Waals surface area contributed by atoms with Gasteiger partial charge in [0.15, 0.2) is 0 Å². The van der Waals surface area contributed by atoms with E-state index in [0.717, 1.165) is 47.3 Å². The zero-order valence-electron chi connectivity index (χ0n) is 14.7. The molecule has 136 valence electrons. The number of halogens is 1. The topological polar surface area (TPSA) is 64.9 Å². The molecule has 0 saturated carbocycles. The maximum absolute atomic E-state index is 6.34. The van der Waals surface area contributed by atoms with Gasteiger partial charge in [-0.2, -0.15) is 5.10 Å². The average Bonchev–Trinajstić information content (AvgIpc) is 3.19. The highest BCUT2D eigenvalue weighted by Gasteiger charge is 2.16. The summed E-state index contributed by atoms with van der Waals surface area (Å²) in [5.41, 5.74) is 3.35. The van der Waals surface area contributed by atoms with Crippen molar-refractivity contribution in [3.8, 4) is 21.5 Å². The molecule has 0 spiro atoms. The Morgan fingerprint density at radius 2 is 2.08 bits per heavy atom. The van der Waals surface area contributed by atoms with E-state index in [1.807, 2.05) is 36.7 Å². The summed E-state index contributed by atoms with van der Waals surface area (Å²) in [4.78, 5) is 0. The molecule has 3 heterocycles. The molecule has 6 nitrogen and oxygen atoms in total. The quantitative estimate of drug-likeness (QED) is 0.739. The van der Waals surface area contributed by atoms with Crippen molar-refractivity contribution < 1.29 is 4.74 Å². The smallest absolute Gasteiger partial charge is 0.233 e. The molecule has 0 radical (unpaired) electrons. The molecule has 0 amide bonds. The first-order valence-corrected chi connectivity index (χ1v) is 9.88. The Morgan fingerprint density at radius 3 is 2.88 bits per heavy atom. The van der Waals surface area contributed by atoms with E-state index in [1.54, 1.807) is 0 Å². The van der Waals surface area contributed by atoms with E-state index >= 15 is 0 Å². The second-order valence-corrected chi connectivity index (χ2v) is 7.86. The largest absolute Gasteiger partial charge is 0.489 e. The Hall–Kier alpha value is -1.96. The van der Waals surface area contributed by atoms with Gasteiger partial charge in [0.05, 0.1) is 16.8 Å². The van der Waals surface area contributed by atoms with E-state index in [-0.39, 0.29) is 6.10 Å². The molecule has 0 saturated heterocycles. The van der Waals surface area contributed by atoms with Crippen LogP contribution in [0.2, 0.25) is 5.02 Å². The van der Waals surface area contributed by atoms with Gasteiger partial charge in [-0.3, -0.25) is 0 Å². The summed E-state index contributed by atoms with van der Waals surface area (Å²) in [6, 6.07) is 5.70. The maximum atomic E-state index is 6.34. The van der Waals surface area contributed by atoms with E-state index in [2.05, 4.69) is 21.7 Å². The average molecular weight is 390 g/mol. The fourth-order valence-electron chi connectivity index (χ4n) is 2.93. The van der Waals surface area contributed by atoms with Gasteiger partial charge < -0.3 is 10.1 Å². The van der Waals surface area contributed by atoms with Crippen LogP contribution in [0, 0.1) is 0 Å². The summed E-state index contributed by atoms with van der Waals surface area (Å²) in [6.07, 6.45) is 4.09. The minimum Gasteiger partial charge on any atom is -0.489 e. The highest BCUT2D eigenvalue weighted by Crippen LogP contribution is 2.33. The second kappa shape index (κ2) is 7.34. The second-order valence-electron chi connectivity index (χ2n) is 6.50. The highest BCUT2D eigenvalue weighted by atomic mass is 35.5. The summed E-state index contributed by atoms with van der Waals surface area (Å²) in [7, 11) is 0. The Balaban J connectivity index is 1.59. The zero-order valence-corrected chi connectivity index (χ0v) is 16.3. The normalized spacial score (nSPS) is 14.3. The summed E-state index contributed by atoms with van der Waals surface area (Å²) in [6.45, 7) is 5.91. The molecule has 0 aliphatic carbocycles. The molecule has 0 atom stereocenters. The van der Waals surface area contributed by atoms with E-state index in [0.29, 0.717) is 10.8 Å².